The summed E-state index contributed by atoms with van der Waals surface area (Å²) in [6.07, 6.45) is 4.57. The number of rotatable bonds is 8. The molecule has 2 N–H and O–H groups in total. The number of hydrogen-bond donors (Lipinski definition) is 2. The van der Waals surface area contributed by atoms with Crippen LogP contribution in [0.3, 0.4) is 0 Å². The van der Waals surface area contributed by atoms with Crippen molar-refractivity contribution >= 4 is 63.3 Å². The Balaban J connectivity index is 0.000000311. The summed E-state index contributed by atoms with van der Waals surface area (Å²) in [5.74, 6) is 0.232. The van der Waals surface area contributed by atoms with Gasteiger partial charge < -0.3 is 9.80 Å². The van der Waals surface area contributed by atoms with E-state index in [1.54, 1.807) is 4.90 Å². The van der Waals surface area contributed by atoms with Crippen LogP contribution in [-0.4, -0.2) is 56.2 Å². The van der Waals surface area contributed by atoms with E-state index in [2.05, 4.69) is 27.0 Å². The maximum atomic E-state index is 11.9. The molecule has 0 spiro atoms. The molecule has 12 heteroatoms. The predicted octanol–water partition coefficient (Wildman–Crippen LogP) is 3.69. The molecule has 0 fully saturated rings. The fourth-order valence-electron chi connectivity index (χ4n) is 2.36. The van der Waals surface area contributed by atoms with Gasteiger partial charge in [-0.2, -0.15) is 10.2 Å². The maximum Gasteiger partial charge on any atom is 0.250 e. The highest BCUT2D eigenvalue weighted by Gasteiger charge is 2.18. The molecular formula is C18H24Cl2N6O3S. The summed E-state index contributed by atoms with van der Waals surface area (Å²) in [6.45, 7) is 9.65. The van der Waals surface area contributed by atoms with Crippen LogP contribution in [-0.2, 0) is 14.4 Å². The molecule has 164 valence electrons. The average Bonchev–Trinajstić information content (AvgIpc) is 3.32. The first-order valence-electron chi connectivity index (χ1n) is 9.02. The van der Waals surface area contributed by atoms with Crippen LogP contribution >= 0.6 is 35.0 Å². The van der Waals surface area contributed by atoms with Crippen LogP contribution < -0.4 is 9.80 Å². The van der Waals surface area contributed by atoms with Gasteiger partial charge in [0.15, 0.2) is 5.12 Å². The second-order valence-electron chi connectivity index (χ2n) is 5.65. The van der Waals surface area contributed by atoms with E-state index in [9.17, 15) is 14.4 Å². The van der Waals surface area contributed by atoms with Gasteiger partial charge in [-0.1, -0.05) is 41.5 Å². The monoisotopic (exact) mass is 474 g/mol. The second-order valence-corrected chi connectivity index (χ2v) is 7.68. The Labute approximate surface area is 189 Å². The van der Waals surface area contributed by atoms with Crippen LogP contribution in [0.15, 0.2) is 25.0 Å². The lowest BCUT2D eigenvalue weighted by Crippen LogP contribution is -2.30. The third-order valence-corrected chi connectivity index (χ3v) is 5.10. The number of nitrogens with zero attached hydrogens (tertiary/aromatic N) is 4. The molecule has 2 rings (SSSR count). The number of nitrogens with one attached hydrogen (secondary N) is 2. The highest BCUT2D eigenvalue weighted by atomic mass is 35.5. The van der Waals surface area contributed by atoms with Crippen molar-refractivity contribution in [1.29, 1.82) is 0 Å². The zero-order chi connectivity index (χ0) is 22.7. The first kappa shape index (κ1) is 25.7. The van der Waals surface area contributed by atoms with Crippen molar-refractivity contribution < 1.29 is 14.4 Å². The number of amides is 2. The van der Waals surface area contributed by atoms with Crippen LogP contribution in [0.4, 0.5) is 11.4 Å². The number of anilines is 2. The Morgan fingerprint density at radius 2 is 1.57 bits per heavy atom. The third-order valence-electron chi connectivity index (χ3n) is 3.73. The fourth-order valence-corrected chi connectivity index (χ4v) is 3.32. The number of aromatic nitrogens is 4. The number of hydrogen-bond acceptors (Lipinski definition) is 6. The van der Waals surface area contributed by atoms with Gasteiger partial charge in [0.25, 0.3) is 0 Å². The van der Waals surface area contributed by atoms with E-state index in [-0.39, 0.29) is 16.9 Å². The van der Waals surface area contributed by atoms with Gasteiger partial charge in [-0.25, -0.2) is 0 Å². The normalized spacial score (nSPS) is 10.0. The topological polar surface area (TPSA) is 115 Å². The maximum absolute atomic E-state index is 11.9. The zero-order valence-electron chi connectivity index (χ0n) is 16.9. The van der Waals surface area contributed by atoms with E-state index in [1.807, 2.05) is 13.8 Å². The number of aromatic amines is 2. The Bertz CT molecular complexity index is 870. The minimum atomic E-state index is -0.189. The number of carbonyl (C=O) groups excluding carboxylic acids is 3. The summed E-state index contributed by atoms with van der Waals surface area (Å²) < 4.78 is 0. The lowest BCUT2D eigenvalue weighted by Gasteiger charge is -2.19. The molecule has 9 nitrogen and oxygen atoms in total. The molecule has 2 amide bonds. The van der Waals surface area contributed by atoms with E-state index >= 15 is 0 Å². The minimum absolute atomic E-state index is 0.0159. The van der Waals surface area contributed by atoms with E-state index in [0.29, 0.717) is 46.9 Å². The molecule has 0 saturated carbocycles. The molecule has 0 bridgehead atoms. The summed E-state index contributed by atoms with van der Waals surface area (Å²) in [5.41, 5.74) is 1.15. The van der Waals surface area contributed by atoms with Gasteiger partial charge in [-0.3, -0.25) is 24.6 Å². The largest absolute Gasteiger partial charge is 0.309 e. The SMILES string of the molecule is C=CC(=O)N(CC)c1cn[nH]c1Cl.CCN(C(=O)CCSC(C)=O)c1cn[nH]c1Cl. The van der Waals surface area contributed by atoms with Crippen molar-refractivity contribution in [2.75, 3.05) is 28.6 Å². The van der Waals surface area contributed by atoms with Gasteiger partial charge in [0.1, 0.15) is 21.7 Å². The van der Waals surface area contributed by atoms with Crippen molar-refractivity contribution in [3.63, 3.8) is 0 Å². The molecule has 0 saturated heterocycles. The zero-order valence-corrected chi connectivity index (χ0v) is 19.3. The van der Waals surface area contributed by atoms with Crippen LogP contribution in [0.1, 0.15) is 27.2 Å². The predicted molar refractivity (Wildman–Crippen MR) is 121 cm³/mol. The smallest absolute Gasteiger partial charge is 0.250 e. The van der Waals surface area contributed by atoms with E-state index in [0.717, 1.165) is 11.8 Å². The Morgan fingerprint density at radius 3 is 1.93 bits per heavy atom. The van der Waals surface area contributed by atoms with Gasteiger partial charge in [-0.05, 0) is 19.9 Å². The number of H-pyrrole nitrogens is 2. The number of likely N-dealkylation sites (N-methyl/N-ethyl adjacent to an activating group) is 1. The quantitative estimate of drug-likeness (QED) is 0.563. The summed E-state index contributed by atoms with van der Waals surface area (Å²) in [7, 11) is 0. The number of halogens is 2. The molecule has 0 radical (unpaired) electrons. The molecular weight excluding hydrogens is 451 g/mol. The molecule has 2 aromatic rings. The van der Waals surface area contributed by atoms with Crippen LogP contribution in [0.2, 0.25) is 10.3 Å². The summed E-state index contributed by atoms with van der Waals surface area (Å²) in [4.78, 5) is 37.0. The van der Waals surface area contributed by atoms with E-state index in [1.165, 1.54) is 30.3 Å². The molecule has 2 aromatic heterocycles. The lowest BCUT2D eigenvalue weighted by atomic mass is 10.3. The lowest BCUT2D eigenvalue weighted by molar-refractivity contribution is -0.118. The molecule has 30 heavy (non-hydrogen) atoms. The summed E-state index contributed by atoms with van der Waals surface area (Å²) in [5, 5.41) is 13.3. The summed E-state index contributed by atoms with van der Waals surface area (Å²) in [6, 6.07) is 0. The van der Waals surface area contributed by atoms with Crippen molar-refractivity contribution in [2.24, 2.45) is 0 Å². The average molecular weight is 475 g/mol. The van der Waals surface area contributed by atoms with Crippen molar-refractivity contribution in [1.82, 2.24) is 20.4 Å². The highest BCUT2D eigenvalue weighted by molar-refractivity contribution is 8.13. The Morgan fingerprint density at radius 1 is 1.07 bits per heavy atom. The van der Waals surface area contributed by atoms with E-state index in [4.69, 9.17) is 23.2 Å². The van der Waals surface area contributed by atoms with Crippen molar-refractivity contribution in [3.8, 4) is 0 Å². The number of carbonyl (C=O) groups is 3. The first-order chi connectivity index (χ1) is 14.3. The molecule has 0 aromatic carbocycles. The van der Waals surface area contributed by atoms with Crippen LogP contribution in [0.25, 0.3) is 0 Å². The molecule has 0 aliphatic heterocycles. The first-order valence-corrected chi connectivity index (χ1v) is 10.8. The fraction of sp³-hybridized carbons (Fsp3) is 0.389. The van der Waals surface area contributed by atoms with Crippen molar-refractivity contribution in [3.05, 3.63) is 35.4 Å². The van der Waals surface area contributed by atoms with Gasteiger partial charge in [0.05, 0.1) is 12.4 Å². The number of thioether (sulfide) groups is 1. The molecule has 0 unspecified atom stereocenters. The van der Waals surface area contributed by atoms with Crippen LogP contribution in [0, 0.1) is 0 Å². The Hall–Kier alpha value is -2.30. The van der Waals surface area contributed by atoms with Gasteiger partial charge >= 0.3 is 0 Å². The van der Waals surface area contributed by atoms with Crippen LogP contribution in [0.5, 0.6) is 0 Å². The van der Waals surface area contributed by atoms with Crippen molar-refractivity contribution in [2.45, 2.75) is 27.2 Å². The summed E-state index contributed by atoms with van der Waals surface area (Å²) >= 11 is 12.8. The third kappa shape index (κ3) is 7.51. The molecule has 2 heterocycles. The Kier molecular flexibility index (Phi) is 11.2. The standard InChI is InChI=1S/C10H14ClN3O2S.C8H10ClN3O/c1-3-14(8-6-12-13-10(8)11)9(16)4-5-17-7(2)15;1-3-7(13)12(4-2)6-5-10-11-8(6)9/h6H,3-5H2,1-2H3,(H,12,13);3,5H,1,4H2,2H3,(H,10,11). The van der Waals surface area contributed by atoms with E-state index < -0.39 is 0 Å². The van der Waals surface area contributed by atoms with Gasteiger partial charge in [0, 0.05) is 32.2 Å². The molecule has 0 atom stereocenters. The second kappa shape index (κ2) is 13.1. The van der Waals surface area contributed by atoms with Gasteiger partial charge in [-0.15, -0.1) is 0 Å². The molecule has 0 aliphatic carbocycles. The van der Waals surface area contributed by atoms with Gasteiger partial charge in [0.2, 0.25) is 11.8 Å². The highest BCUT2D eigenvalue weighted by Crippen LogP contribution is 2.23. The minimum Gasteiger partial charge on any atom is -0.309 e. The molecule has 0 aliphatic rings.